The molecular weight excluding hydrogens is 274 g/mol. The molecule has 122 valence electrons. The molecule has 1 amide bonds. The van der Waals surface area contributed by atoms with Crippen LogP contribution in [0.4, 0.5) is 0 Å². The number of carbonyl (C=O) groups excluding carboxylic acids is 1. The molecule has 0 aromatic carbocycles. The summed E-state index contributed by atoms with van der Waals surface area (Å²) < 4.78 is 2.12. The van der Waals surface area contributed by atoms with Gasteiger partial charge in [-0.3, -0.25) is 4.79 Å². The number of imidazole rings is 1. The van der Waals surface area contributed by atoms with Gasteiger partial charge in [0.05, 0.1) is 6.33 Å². The SMILES string of the molecule is CCC1(CC)C[C@H]1C(=O)N1CCCC[C@H]1CCn1ccnc1. The number of hydrogen-bond donors (Lipinski definition) is 0. The van der Waals surface area contributed by atoms with Crippen molar-refractivity contribution in [2.45, 2.75) is 71.4 Å². The maximum Gasteiger partial charge on any atom is 0.226 e. The molecule has 0 unspecified atom stereocenters. The van der Waals surface area contributed by atoms with Crippen molar-refractivity contribution >= 4 is 5.91 Å². The highest BCUT2D eigenvalue weighted by Gasteiger charge is 2.56. The summed E-state index contributed by atoms with van der Waals surface area (Å²) in [5, 5.41) is 0. The van der Waals surface area contributed by atoms with Gasteiger partial charge in [-0.25, -0.2) is 4.98 Å². The third kappa shape index (κ3) is 2.92. The average molecular weight is 303 g/mol. The molecule has 2 fully saturated rings. The highest BCUT2D eigenvalue weighted by molar-refractivity contribution is 5.83. The van der Waals surface area contributed by atoms with Gasteiger partial charge in [-0.1, -0.05) is 13.8 Å². The van der Waals surface area contributed by atoms with E-state index in [1.807, 2.05) is 18.7 Å². The van der Waals surface area contributed by atoms with E-state index in [1.165, 1.54) is 19.3 Å². The van der Waals surface area contributed by atoms with Crippen molar-refractivity contribution in [3.05, 3.63) is 18.7 Å². The minimum Gasteiger partial charge on any atom is -0.339 e. The van der Waals surface area contributed by atoms with E-state index in [-0.39, 0.29) is 0 Å². The smallest absolute Gasteiger partial charge is 0.226 e. The molecule has 0 bridgehead atoms. The van der Waals surface area contributed by atoms with E-state index in [2.05, 4.69) is 28.3 Å². The third-order valence-electron chi connectivity index (χ3n) is 6.09. The zero-order valence-electron chi connectivity index (χ0n) is 14.0. The first-order valence-corrected chi connectivity index (χ1v) is 8.96. The fourth-order valence-corrected chi connectivity index (χ4v) is 4.24. The Morgan fingerprint density at radius 2 is 2.14 bits per heavy atom. The van der Waals surface area contributed by atoms with E-state index < -0.39 is 0 Å². The lowest BCUT2D eigenvalue weighted by molar-refractivity contribution is -0.137. The van der Waals surface area contributed by atoms with Gasteiger partial charge >= 0.3 is 0 Å². The Morgan fingerprint density at radius 3 is 2.77 bits per heavy atom. The molecule has 0 spiro atoms. The van der Waals surface area contributed by atoms with E-state index >= 15 is 0 Å². The first-order chi connectivity index (χ1) is 10.7. The van der Waals surface area contributed by atoms with Gasteiger partial charge in [-0.2, -0.15) is 0 Å². The largest absolute Gasteiger partial charge is 0.339 e. The van der Waals surface area contributed by atoms with Crippen molar-refractivity contribution in [3.8, 4) is 0 Å². The predicted molar refractivity (Wildman–Crippen MR) is 87.3 cm³/mol. The summed E-state index contributed by atoms with van der Waals surface area (Å²) in [5.74, 6) is 0.746. The van der Waals surface area contributed by atoms with Gasteiger partial charge in [-0.05, 0) is 50.4 Å². The number of hydrogen-bond acceptors (Lipinski definition) is 2. The molecule has 4 nitrogen and oxygen atoms in total. The van der Waals surface area contributed by atoms with Crippen molar-refractivity contribution in [3.63, 3.8) is 0 Å². The van der Waals surface area contributed by atoms with Crippen LogP contribution in [0.2, 0.25) is 0 Å². The Hall–Kier alpha value is -1.32. The summed E-state index contributed by atoms with van der Waals surface area (Å²) in [6.45, 7) is 6.41. The van der Waals surface area contributed by atoms with Gasteiger partial charge in [0.1, 0.15) is 0 Å². The van der Waals surface area contributed by atoms with E-state index in [0.717, 1.165) is 38.8 Å². The molecular formula is C18H29N3O. The lowest BCUT2D eigenvalue weighted by Crippen LogP contribution is -2.45. The van der Waals surface area contributed by atoms with Crippen molar-refractivity contribution < 1.29 is 4.79 Å². The zero-order valence-corrected chi connectivity index (χ0v) is 14.0. The summed E-state index contributed by atoms with van der Waals surface area (Å²) in [7, 11) is 0. The number of carbonyl (C=O) groups is 1. The van der Waals surface area contributed by atoms with Crippen LogP contribution in [0, 0.1) is 11.3 Å². The van der Waals surface area contributed by atoms with Crippen LogP contribution in [0.1, 0.15) is 58.8 Å². The summed E-state index contributed by atoms with van der Waals surface area (Å²) >= 11 is 0. The highest BCUT2D eigenvalue weighted by Crippen LogP contribution is 2.58. The van der Waals surface area contributed by atoms with Crippen LogP contribution in [-0.2, 0) is 11.3 Å². The van der Waals surface area contributed by atoms with Gasteiger partial charge in [0, 0.05) is 37.4 Å². The number of piperidine rings is 1. The van der Waals surface area contributed by atoms with Gasteiger partial charge < -0.3 is 9.47 Å². The summed E-state index contributed by atoms with van der Waals surface area (Å²) in [5.41, 5.74) is 0.323. The minimum absolute atomic E-state index is 0.302. The second-order valence-corrected chi connectivity index (χ2v) is 7.10. The van der Waals surface area contributed by atoms with Crippen LogP contribution in [0.25, 0.3) is 0 Å². The lowest BCUT2D eigenvalue weighted by atomic mass is 9.94. The molecule has 0 N–H and O–H groups in total. The fourth-order valence-electron chi connectivity index (χ4n) is 4.24. The van der Waals surface area contributed by atoms with E-state index in [4.69, 9.17) is 0 Å². The lowest BCUT2D eigenvalue weighted by Gasteiger charge is -2.36. The van der Waals surface area contributed by atoms with Crippen LogP contribution in [0.15, 0.2) is 18.7 Å². The average Bonchev–Trinajstić information content (AvgIpc) is 3.07. The second-order valence-electron chi connectivity index (χ2n) is 7.10. The molecule has 1 aliphatic carbocycles. The van der Waals surface area contributed by atoms with E-state index in [1.54, 1.807) is 0 Å². The molecule has 1 saturated heterocycles. The summed E-state index contributed by atoms with van der Waals surface area (Å²) in [6, 6.07) is 0.427. The van der Waals surface area contributed by atoms with Crippen molar-refractivity contribution in [2.24, 2.45) is 11.3 Å². The molecule has 22 heavy (non-hydrogen) atoms. The molecule has 3 rings (SSSR count). The monoisotopic (exact) mass is 303 g/mol. The van der Waals surface area contributed by atoms with Crippen molar-refractivity contribution in [1.82, 2.24) is 14.5 Å². The molecule has 2 heterocycles. The number of nitrogens with zero attached hydrogens (tertiary/aromatic N) is 3. The number of aromatic nitrogens is 2. The fraction of sp³-hybridized carbons (Fsp3) is 0.778. The number of amides is 1. The topological polar surface area (TPSA) is 38.1 Å². The molecule has 2 atom stereocenters. The minimum atomic E-state index is 0.302. The quantitative estimate of drug-likeness (QED) is 0.807. The molecule has 1 saturated carbocycles. The van der Waals surface area contributed by atoms with Crippen LogP contribution in [0.5, 0.6) is 0 Å². The Bertz CT molecular complexity index is 492. The molecule has 2 aliphatic rings. The first kappa shape index (κ1) is 15.6. The Balaban J connectivity index is 1.61. The van der Waals surface area contributed by atoms with E-state index in [9.17, 15) is 4.79 Å². The molecule has 1 aromatic heterocycles. The molecule has 4 heteroatoms. The molecule has 1 aromatic rings. The van der Waals surface area contributed by atoms with Crippen LogP contribution in [0.3, 0.4) is 0 Å². The number of aryl methyl sites for hydroxylation is 1. The summed E-state index contributed by atoms with van der Waals surface area (Å²) in [6.07, 6.45) is 13.8. The second kappa shape index (κ2) is 6.43. The van der Waals surface area contributed by atoms with Gasteiger partial charge in [0.2, 0.25) is 5.91 Å². The Morgan fingerprint density at radius 1 is 1.32 bits per heavy atom. The zero-order chi connectivity index (χ0) is 15.6. The van der Waals surface area contributed by atoms with Crippen LogP contribution < -0.4 is 0 Å². The molecule has 0 radical (unpaired) electrons. The highest BCUT2D eigenvalue weighted by atomic mass is 16.2. The van der Waals surface area contributed by atoms with Gasteiger partial charge in [0.25, 0.3) is 0 Å². The first-order valence-electron chi connectivity index (χ1n) is 8.96. The molecule has 1 aliphatic heterocycles. The van der Waals surface area contributed by atoms with Crippen LogP contribution in [-0.4, -0.2) is 32.9 Å². The standard InChI is InChI=1S/C18H29N3O/c1-3-18(4-2)13-16(18)17(22)21-10-6-5-7-15(21)8-11-20-12-9-19-14-20/h9,12,14-16H,3-8,10-11,13H2,1-2H3/t15-,16-/m0/s1. The maximum absolute atomic E-state index is 13.0. The Kier molecular flexibility index (Phi) is 4.55. The third-order valence-corrected chi connectivity index (χ3v) is 6.09. The normalized spacial score (nSPS) is 26.9. The van der Waals surface area contributed by atoms with Crippen molar-refractivity contribution in [2.75, 3.05) is 6.54 Å². The van der Waals surface area contributed by atoms with Gasteiger partial charge in [-0.15, -0.1) is 0 Å². The van der Waals surface area contributed by atoms with E-state index in [0.29, 0.717) is 23.3 Å². The number of likely N-dealkylation sites (tertiary alicyclic amines) is 1. The maximum atomic E-state index is 13.0. The predicted octanol–water partition coefficient (Wildman–Crippen LogP) is 3.48. The number of rotatable bonds is 6. The Labute approximate surface area is 133 Å². The summed E-state index contributed by atoms with van der Waals surface area (Å²) in [4.78, 5) is 19.3. The van der Waals surface area contributed by atoms with Gasteiger partial charge in [0.15, 0.2) is 0 Å². The van der Waals surface area contributed by atoms with Crippen molar-refractivity contribution in [1.29, 1.82) is 0 Å². The van der Waals surface area contributed by atoms with Crippen LogP contribution >= 0.6 is 0 Å².